The Labute approximate surface area is 357 Å². The highest BCUT2D eigenvalue weighted by molar-refractivity contribution is 6.37. The molecule has 0 radical (unpaired) electrons. The van der Waals surface area contributed by atoms with Gasteiger partial charge in [0.05, 0.1) is 0 Å². The van der Waals surface area contributed by atoms with Gasteiger partial charge in [-0.25, -0.2) is 15.0 Å². The van der Waals surface area contributed by atoms with E-state index in [9.17, 15) is 0 Å². The van der Waals surface area contributed by atoms with Crippen molar-refractivity contribution in [1.29, 1.82) is 0 Å². The Balaban J connectivity index is 0.977. The first-order valence-electron chi connectivity index (χ1n) is 21.2. The minimum Gasteiger partial charge on any atom is -0.208 e. The van der Waals surface area contributed by atoms with Crippen molar-refractivity contribution in [3.05, 3.63) is 212 Å². The highest BCUT2D eigenvalue weighted by atomic mass is 15.0. The molecule has 62 heavy (non-hydrogen) atoms. The van der Waals surface area contributed by atoms with Gasteiger partial charge in [-0.2, -0.15) is 0 Å². The van der Waals surface area contributed by atoms with Crippen LogP contribution >= 0.6 is 0 Å². The SMILES string of the molecule is c1ccc(-c2nc(-c3ccc4ccccc4c3)nc(-c3ccccc3-c3ccc(-c4cc5ccc6cccc7c8cccc9ccc%10cccc(c(c4)c5c67)c%10c98)cc3)n2)cc1. The molecule has 0 aliphatic heterocycles. The average molecular weight is 786 g/mol. The lowest BCUT2D eigenvalue weighted by Crippen LogP contribution is -2.01. The Kier molecular flexibility index (Phi) is 7.60. The van der Waals surface area contributed by atoms with Crippen LogP contribution in [0.25, 0.3) is 132 Å². The van der Waals surface area contributed by atoms with Crippen LogP contribution < -0.4 is 0 Å². The fraction of sp³-hybridized carbons (Fsp3) is 0. The smallest absolute Gasteiger partial charge is 0.164 e. The van der Waals surface area contributed by atoms with Crippen molar-refractivity contribution in [3.8, 4) is 56.4 Å². The van der Waals surface area contributed by atoms with Crippen molar-refractivity contribution in [2.24, 2.45) is 0 Å². The molecule has 0 atom stereocenters. The van der Waals surface area contributed by atoms with Crippen LogP contribution in [0, 0.1) is 0 Å². The van der Waals surface area contributed by atoms with Crippen molar-refractivity contribution in [2.45, 2.75) is 0 Å². The summed E-state index contributed by atoms with van der Waals surface area (Å²) in [6, 6.07) is 76.7. The number of rotatable bonds is 5. The van der Waals surface area contributed by atoms with Crippen molar-refractivity contribution in [2.75, 3.05) is 0 Å². The van der Waals surface area contributed by atoms with E-state index < -0.39 is 0 Å². The number of aromatic nitrogens is 3. The number of hydrogen-bond acceptors (Lipinski definition) is 3. The molecule has 0 aliphatic carbocycles. The maximum Gasteiger partial charge on any atom is 0.164 e. The van der Waals surface area contributed by atoms with Crippen LogP contribution in [0.5, 0.6) is 0 Å². The molecule has 0 aliphatic rings. The van der Waals surface area contributed by atoms with E-state index in [-0.39, 0.29) is 0 Å². The zero-order valence-electron chi connectivity index (χ0n) is 33.5. The van der Waals surface area contributed by atoms with Gasteiger partial charge < -0.3 is 0 Å². The summed E-state index contributed by atoms with van der Waals surface area (Å²) in [5.41, 5.74) is 7.36. The molecule has 3 heteroatoms. The summed E-state index contributed by atoms with van der Waals surface area (Å²) in [7, 11) is 0. The van der Waals surface area contributed by atoms with Crippen LogP contribution in [-0.2, 0) is 0 Å². The molecule has 1 aromatic heterocycles. The molecule has 1 heterocycles. The molecule has 0 saturated carbocycles. The fourth-order valence-corrected chi connectivity index (χ4v) is 9.89. The number of benzene rings is 11. The molecular weight excluding hydrogens is 751 g/mol. The summed E-state index contributed by atoms with van der Waals surface area (Å²) in [5, 5.41) is 17.7. The van der Waals surface area contributed by atoms with E-state index in [0.717, 1.165) is 38.8 Å². The number of hydrogen-bond donors (Lipinski definition) is 0. The first-order valence-corrected chi connectivity index (χ1v) is 21.2. The average Bonchev–Trinajstić information content (AvgIpc) is 3.35. The molecule has 0 spiro atoms. The van der Waals surface area contributed by atoms with Crippen molar-refractivity contribution in [1.82, 2.24) is 15.0 Å². The quantitative estimate of drug-likeness (QED) is 0.163. The Morgan fingerprint density at radius 3 is 1.34 bits per heavy atom. The van der Waals surface area contributed by atoms with E-state index in [2.05, 4.69) is 194 Å². The van der Waals surface area contributed by atoms with Gasteiger partial charge in [0.25, 0.3) is 0 Å². The first kappa shape index (κ1) is 34.6. The summed E-state index contributed by atoms with van der Waals surface area (Å²) in [5.74, 6) is 1.93. The summed E-state index contributed by atoms with van der Waals surface area (Å²) in [6.45, 7) is 0. The standard InChI is InChI=1S/C59H35N3/c1-2-12-42(13-3-1)57-60-58(45-32-25-36-11-4-5-14-43(36)33-45)62-59(61-57)51-19-7-6-18-47(51)38-26-23-37(24-27-38)46-34-44-31-30-41-16-9-21-49-48-20-8-15-39-28-29-40-17-10-22-50(55(40)53(39)48)52(35-46)56(44)54(41)49/h1-35H. The third-order valence-electron chi connectivity index (χ3n) is 12.8. The summed E-state index contributed by atoms with van der Waals surface area (Å²) >= 11 is 0. The van der Waals surface area contributed by atoms with Gasteiger partial charge in [-0.1, -0.05) is 194 Å². The number of fused-ring (bicyclic) bond motifs is 3. The lowest BCUT2D eigenvalue weighted by Gasteiger charge is -2.17. The van der Waals surface area contributed by atoms with Crippen LogP contribution in [0.3, 0.4) is 0 Å². The molecule has 13 rings (SSSR count). The third kappa shape index (κ3) is 5.42. The molecule has 0 amide bonds. The second kappa shape index (κ2) is 13.6. The molecule has 0 bridgehead atoms. The van der Waals surface area contributed by atoms with Gasteiger partial charge in [-0.3, -0.25) is 0 Å². The monoisotopic (exact) mass is 785 g/mol. The Bertz CT molecular complexity index is 3900. The Morgan fingerprint density at radius 2 is 0.661 bits per heavy atom. The summed E-state index contributed by atoms with van der Waals surface area (Å²) in [6.07, 6.45) is 0. The van der Waals surface area contributed by atoms with E-state index in [1.807, 2.05) is 18.2 Å². The molecule has 3 nitrogen and oxygen atoms in total. The van der Waals surface area contributed by atoms with Crippen LogP contribution in [0.4, 0.5) is 0 Å². The molecular formula is C59H35N3. The third-order valence-corrected chi connectivity index (χ3v) is 12.8. The molecule has 13 aromatic rings. The minimum absolute atomic E-state index is 0.639. The van der Waals surface area contributed by atoms with E-state index in [1.165, 1.54) is 75.6 Å². The van der Waals surface area contributed by atoms with Crippen LogP contribution in [0.15, 0.2) is 212 Å². The molecule has 286 valence electrons. The topological polar surface area (TPSA) is 38.7 Å². The highest BCUT2D eigenvalue weighted by Gasteiger charge is 2.18. The summed E-state index contributed by atoms with van der Waals surface area (Å²) < 4.78 is 0. The van der Waals surface area contributed by atoms with Gasteiger partial charge in [0.15, 0.2) is 17.5 Å². The van der Waals surface area contributed by atoms with E-state index >= 15 is 0 Å². The van der Waals surface area contributed by atoms with E-state index in [0.29, 0.717) is 17.5 Å². The number of nitrogens with zero attached hydrogens (tertiary/aromatic N) is 3. The van der Waals surface area contributed by atoms with Crippen molar-refractivity contribution < 1.29 is 0 Å². The lowest BCUT2D eigenvalue weighted by atomic mass is 9.86. The molecule has 0 saturated heterocycles. The predicted molar refractivity (Wildman–Crippen MR) is 261 cm³/mol. The van der Waals surface area contributed by atoms with Gasteiger partial charge in [-0.05, 0) is 116 Å². The van der Waals surface area contributed by atoms with Gasteiger partial charge in [-0.15, -0.1) is 0 Å². The largest absolute Gasteiger partial charge is 0.208 e. The van der Waals surface area contributed by atoms with E-state index in [1.54, 1.807) is 0 Å². The maximum absolute atomic E-state index is 5.17. The van der Waals surface area contributed by atoms with Crippen molar-refractivity contribution in [3.63, 3.8) is 0 Å². The fourth-order valence-electron chi connectivity index (χ4n) is 9.89. The van der Waals surface area contributed by atoms with Gasteiger partial charge >= 0.3 is 0 Å². The molecule has 0 fully saturated rings. The molecule has 12 aromatic carbocycles. The predicted octanol–water partition coefficient (Wildman–Crippen LogP) is 15.7. The van der Waals surface area contributed by atoms with E-state index in [4.69, 9.17) is 15.0 Å². The molecule has 0 unspecified atom stereocenters. The Morgan fingerprint density at radius 1 is 0.210 bits per heavy atom. The lowest BCUT2D eigenvalue weighted by molar-refractivity contribution is 1.07. The minimum atomic E-state index is 0.639. The maximum atomic E-state index is 5.17. The first-order chi connectivity index (χ1) is 30.7. The highest BCUT2D eigenvalue weighted by Crippen LogP contribution is 2.45. The second-order valence-electron chi connectivity index (χ2n) is 16.3. The van der Waals surface area contributed by atoms with Crippen LogP contribution in [-0.4, -0.2) is 15.0 Å². The van der Waals surface area contributed by atoms with Crippen molar-refractivity contribution >= 4 is 75.4 Å². The van der Waals surface area contributed by atoms with Crippen LogP contribution in [0.1, 0.15) is 0 Å². The van der Waals surface area contributed by atoms with Gasteiger partial charge in [0.2, 0.25) is 0 Å². The zero-order chi connectivity index (χ0) is 40.7. The zero-order valence-corrected chi connectivity index (χ0v) is 33.5. The van der Waals surface area contributed by atoms with Gasteiger partial charge in [0, 0.05) is 16.7 Å². The Hall–Kier alpha value is -8.27. The normalized spacial score (nSPS) is 11.9. The second-order valence-corrected chi connectivity index (χ2v) is 16.3. The van der Waals surface area contributed by atoms with Crippen LogP contribution in [0.2, 0.25) is 0 Å². The summed E-state index contributed by atoms with van der Waals surface area (Å²) in [4.78, 5) is 15.3. The van der Waals surface area contributed by atoms with Gasteiger partial charge in [0.1, 0.15) is 0 Å². The molecule has 0 N–H and O–H groups in total.